The predicted octanol–water partition coefficient (Wildman–Crippen LogP) is 2.97. The van der Waals surface area contributed by atoms with Crippen LogP contribution in [-0.4, -0.2) is 46.4 Å². The van der Waals surface area contributed by atoms with E-state index in [-0.39, 0.29) is 0 Å². The lowest BCUT2D eigenvalue weighted by Gasteiger charge is -2.37. The number of alkyl halides is 3. The average Bonchev–Trinajstić information content (AvgIpc) is 3.15. The lowest BCUT2D eigenvalue weighted by molar-refractivity contribution is -0.152. The zero-order valence-electron chi connectivity index (χ0n) is 12.3. The second-order valence-corrected chi connectivity index (χ2v) is 6.72. The molecule has 2 aliphatic heterocycles. The summed E-state index contributed by atoms with van der Waals surface area (Å²) in [5.74, 6) is -0.448. The lowest BCUT2D eigenvalue weighted by atomic mass is 9.87. The van der Waals surface area contributed by atoms with Crippen LogP contribution in [-0.2, 0) is 9.63 Å². The number of carbonyl (C=O) groups excluding carboxylic acids is 1. The Bertz CT molecular complexity index is 593. The van der Waals surface area contributed by atoms with Crippen LogP contribution >= 0.6 is 11.3 Å². The van der Waals surface area contributed by atoms with E-state index in [9.17, 15) is 18.0 Å². The number of oxime groups is 1. The van der Waals surface area contributed by atoms with Gasteiger partial charge in [-0.05, 0) is 0 Å². The smallest absolute Gasteiger partial charge is 0.388 e. The fraction of sp³-hybridized carbons (Fsp3) is 0.643. The van der Waals surface area contributed by atoms with Gasteiger partial charge in [0, 0.05) is 50.3 Å². The SMILES string of the molecule is O=C(CCC(F)(F)F)N1CCC2(CC1)CC(c1nccs1)=NO2. The first-order valence-electron chi connectivity index (χ1n) is 7.36. The number of piperidine rings is 1. The van der Waals surface area contributed by atoms with Gasteiger partial charge in [0.25, 0.3) is 0 Å². The fourth-order valence-electron chi connectivity index (χ4n) is 2.84. The highest BCUT2D eigenvalue weighted by molar-refractivity contribution is 7.11. The van der Waals surface area contributed by atoms with Crippen molar-refractivity contribution < 1.29 is 22.8 Å². The van der Waals surface area contributed by atoms with Crippen LogP contribution in [0.3, 0.4) is 0 Å². The van der Waals surface area contributed by atoms with Crippen molar-refractivity contribution in [2.45, 2.75) is 43.9 Å². The molecule has 9 heteroatoms. The van der Waals surface area contributed by atoms with Crippen LogP contribution in [0.1, 0.15) is 37.1 Å². The quantitative estimate of drug-likeness (QED) is 0.845. The van der Waals surface area contributed by atoms with Crippen molar-refractivity contribution >= 4 is 23.0 Å². The first-order valence-corrected chi connectivity index (χ1v) is 8.24. The van der Waals surface area contributed by atoms with Crippen molar-refractivity contribution in [3.63, 3.8) is 0 Å². The Balaban J connectivity index is 1.50. The maximum absolute atomic E-state index is 12.2. The third-order valence-electron chi connectivity index (χ3n) is 4.17. The molecule has 1 aromatic rings. The maximum atomic E-state index is 12.2. The Hall–Kier alpha value is -1.64. The summed E-state index contributed by atoms with van der Waals surface area (Å²) in [6.45, 7) is 0.800. The van der Waals surface area contributed by atoms with Gasteiger partial charge >= 0.3 is 6.18 Å². The summed E-state index contributed by atoms with van der Waals surface area (Å²) in [7, 11) is 0. The molecule has 0 unspecified atom stereocenters. The summed E-state index contributed by atoms with van der Waals surface area (Å²) < 4.78 is 36.6. The zero-order chi connectivity index (χ0) is 16.5. The maximum Gasteiger partial charge on any atom is 0.389 e. The highest BCUT2D eigenvalue weighted by Crippen LogP contribution is 2.36. The second kappa shape index (κ2) is 6.10. The lowest BCUT2D eigenvalue weighted by Crippen LogP contribution is -2.47. The van der Waals surface area contributed by atoms with Crippen LogP contribution in [0.15, 0.2) is 16.7 Å². The number of nitrogens with zero attached hydrogens (tertiary/aromatic N) is 3. The number of carbonyl (C=O) groups is 1. The van der Waals surface area contributed by atoms with Crippen LogP contribution < -0.4 is 0 Å². The first kappa shape index (κ1) is 16.2. The number of hydrogen-bond donors (Lipinski definition) is 0. The Morgan fingerprint density at radius 3 is 2.74 bits per heavy atom. The molecule has 0 atom stereocenters. The van der Waals surface area contributed by atoms with Gasteiger partial charge in [0.15, 0.2) is 0 Å². The molecule has 1 aromatic heterocycles. The van der Waals surface area contributed by atoms with E-state index in [1.807, 2.05) is 5.38 Å². The van der Waals surface area contributed by atoms with Crippen molar-refractivity contribution in [1.29, 1.82) is 0 Å². The Morgan fingerprint density at radius 2 is 2.13 bits per heavy atom. The molecule has 1 saturated heterocycles. The number of rotatable bonds is 3. The Kier molecular flexibility index (Phi) is 4.31. The second-order valence-electron chi connectivity index (χ2n) is 5.82. The van der Waals surface area contributed by atoms with Gasteiger partial charge < -0.3 is 9.74 Å². The molecule has 0 aliphatic carbocycles. The van der Waals surface area contributed by atoms with Crippen molar-refractivity contribution in [3.05, 3.63) is 16.6 Å². The Morgan fingerprint density at radius 1 is 1.39 bits per heavy atom. The van der Waals surface area contributed by atoms with Crippen molar-refractivity contribution in [1.82, 2.24) is 9.88 Å². The monoisotopic (exact) mass is 347 g/mol. The molecule has 3 rings (SSSR count). The average molecular weight is 347 g/mol. The number of hydrogen-bond acceptors (Lipinski definition) is 5. The molecule has 0 saturated carbocycles. The van der Waals surface area contributed by atoms with Crippen molar-refractivity contribution in [3.8, 4) is 0 Å². The van der Waals surface area contributed by atoms with E-state index < -0.39 is 30.5 Å². The van der Waals surface area contributed by atoms with E-state index in [1.54, 1.807) is 6.20 Å². The molecule has 3 heterocycles. The number of likely N-dealkylation sites (tertiary alicyclic amines) is 1. The number of aromatic nitrogens is 1. The third kappa shape index (κ3) is 3.82. The molecule has 2 aliphatic rings. The molecule has 5 nitrogen and oxygen atoms in total. The van der Waals surface area contributed by atoms with Crippen LogP contribution in [0.4, 0.5) is 13.2 Å². The molecule has 1 spiro atoms. The minimum atomic E-state index is -4.29. The minimum Gasteiger partial charge on any atom is -0.388 e. The van der Waals surface area contributed by atoms with Gasteiger partial charge in [-0.3, -0.25) is 4.79 Å². The molecule has 0 aromatic carbocycles. The predicted molar refractivity (Wildman–Crippen MR) is 78.2 cm³/mol. The summed E-state index contributed by atoms with van der Waals surface area (Å²) in [6, 6.07) is 0. The number of thiazole rings is 1. The Labute approximate surface area is 135 Å². The zero-order valence-corrected chi connectivity index (χ0v) is 13.1. The topological polar surface area (TPSA) is 54.8 Å². The fourth-order valence-corrected chi connectivity index (χ4v) is 3.46. The molecule has 1 fully saturated rings. The van der Waals surface area contributed by atoms with Crippen LogP contribution in [0.25, 0.3) is 0 Å². The normalized spacial score (nSPS) is 20.5. The molecule has 23 heavy (non-hydrogen) atoms. The summed E-state index contributed by atoms with van der Waals surface area (Å²) >= 11 is 1.49. The van der Waals surface area contributed by atoms with E-state index in [0.29, 0.717) is 32.4 Å². The number of amides is 1. The van der Waals surface area contributed by atoms with Crippen molar-refractivity contribution in [2.24, 2.45) is 5.16 Å². The summed E-state index contributed by atoms with van der Waals surface area (Å²) in [4.78, 5) is 23.1. The van der Waals surface area contributed by atoms with E-state index >= 15 is 0 Å². The summed E-state index contributed by atoms with van der Waals surface area (Å²) in [6.07, 6.45) is -2.37. The summed E-state index contributed by atoms with van der Waals surface area (Å²) in [5, 5.41) is 6.80. The minimum absolute atomic E-state index is 0.400. The van der Waals surface area contributed by atoms with Gasteiger partial charge in [-0.2, -0.15) is 13.2 Å². The van der Waals surface area contributed by atoms with E-state index in [2.05, 4.69) is 10.1 Å². The van der Waals surface area contributed by atoms with Crippen molar-refractivity contribution in [2.75, 3.05) is 13.1 Å². The first-order chi connectivity index (χ1) is 10.9. The van der Waals surface area contributed by atoms with Gasteiger partial charge in [-0.15, -0.1) is 11.3 Å². The largest absolute Gasteiger partial charge is 0.389 e. The highest BCUT2D eigenvalue weighted by Gasteiger charge is 2.43. The van der Waals surface area contributed by atoms with Gasteiger partial charge in [0.05, 0.1) is 6.42 Å². The van der Waals surface area contributed by atoms with Gasteiger partial charge in [-0.1, -0.05) is 5.16 Å². The molecule has 0 N–H and O–H groups in total. The van der Waals surface area contributed by atoms with Crippen LogP contribution in [0.5, 0.6) is 0 Å². The molecule has 1 amide bonds. The van der Waals surface area contributed by atoms with Gasteiger partial charge in [0.2, 0.25) is 5.91 Å². The summed E-state index contributed by atoms with van der Waals surface area (Å²) in [5.41, 5.74) is 0.360. The molecular weight excluding hydrogens is 331 g/mol. The van der Waals surface area contributed by atoms with Gasteiger partial charge in [-0.25, -0.2) is 4.98 Å². The third-order valence-corrected chi connectivity index (χ3v) is 4.99. The molecular formula is C14H16F3N3O2S. The van der Waals surface area contributed by atoms with E-state index in [0.717, 1.165) is 10.7 Å². The van der Waals surface area contributed by atoms with Crippen LogP contribution in [0, 0.1) is 0 Å². The van der Waals surface area contributed by atoms with E-state index in [1.165, 1.54) is 16.2 Å². The molecule has 0 bridgehead atoms. The molecule has 0 radical (unpaired) electrons. The van der Waals surface area contributed by atoms with E-state index in [4.69, 9.17) is 4.84 Å². The highest BCUT2D eigenvalue weighted by atomic mass is 32.1. The standard InChI is InChI=1S/C14H16F3N3O2S/c15-14(16,17)2-1-11(21)20-6-3-13(4-7-20)9-10(19-22-13)12-18-5-8-23-12/h5,8H,1-4,6-7,9H2. The number of halogens is 3. The van der Waals surface area contributed by atoms with Crippen LogP contribution in [0.2, 0.25) is 0 Å². The molecule has 126 valence electrons. The van der Waals surface area contributed by atoms with Gasteiger partial charge in [0.1, 0.15) is 16.3 Å².